The average molecular weight is 270 g/mol. The smallest absolute Gasteiger partial charge is 0.146 e. The van der Waals surface area contributed by atoms with Crippen molar-refractivity contribution in [3.05, 3.63) is 52.7 Å². The van der Waals surface area contributed by atoms with Gasteiger partial charge in [0.05, 0.1) is 11.6 Å². The standard InChI is InChI=1S/C13H13ClFNO2/c1-16-7-10-2-3-11(18-10)8-17-9-4-5-12(14)13(15)6-9/h2-6,16H,7-8H2,1H3. The van der Waals surface area contributed by atoms with Gasteiger partial charge in [0, 0.05) is 6.07 Å². The molecule has 0 unspecified atom stereocenters. The Morgan fingerprint density at radius 3 is 2.78 bits per heavy atom. The van der Waals surface area contributed by atoms with Crippen molar-refractivity contribution in [2.45, 2.75) is 13.2 Å². The quantitative estimate of drug-likeness (QED) is 0.904. The zero-order chi connectivity index (χ0) is 13.0. The van der Waals surface area contributed by atoms with Crippen LogP contribution in [0.3, 0.4) is 0 Å². The summed E-state index contributed by atoms with van der Waals surface area (Å²) in [5, 5.41) is 3.07. The maximum Gasteiger partial charge on any atom is 0.146 e. The van der Waals surface area contributed by atoms with Crippen LogP contribution in [0.2, 0.25) is 5.02 Å². The average Bonchev–Trinajstić information content (AvgIpc) is 2.79. The molecule has 0 saturated carbocycles. The molecule has 0 amide bonds. The molecule has 0 aliphatic rings. The van der Waals surface area contributed by atoms with E-state index in [1.54, 1.807) is 6.07 Å². The van der Waals surface area contributed by atoms with Crippen LogP contribution in [0.25, 0.3) is 0 Å². The van der Waals surface area contributed by atoms with Crippen LogP contribution in [-0.2, 0) is 13.2 Å². The maximum absolute atomic E-state index is 13.2. The summed E-state index contributed by atoms with van der Waals surface area (Å²) in [5.74, 6) is 1.45. The molecule has 0 bridgehead atoms. The van der Waals surface area contributed by atoms with Gasteiger partial charge in [0.15, 0.2) is 0 Å². The number of ether oxygens (including phenoxy) is 1. The van der Waals surface area contributed by atoms with E-state index < -0.39 is 5.82 Å². The second-order valence-electron chi connectivity index (χ2n) is 3.76. The molecular weight excluding hydrogens is 257 g/mol. The fourth-order valence-electron chi connectivity index (χ4n) is 1.49. The SMILES string of the molecule is CNCc1ccc(COc2ccc(Cl)c(F)c2)o1. The summed E-state index contributed by atoms with van der Waals surface area (Å²) >= 11 is 5.58. The Morgan fingerprint density at radius 2 is 2.06 bits per heavy atom. The second-order valence-corrected chi connectivity index (χ2v) is 4.17. The molecular formula is C13H13ClFNO2. The number of benzene rings is 1. The van der Waals surface area contributed by atoms with Crippen molar-refractivity contribution in [1.82, 2.24) is 5.32 Å². The lowest BCUT2D eigenvalue weighted by atomic mass is 10.3. The Labute approximate surface area is 110 Å². The van der Waals surface area contributed by atoms with Crippen LogP contribution in [0.1, 0.15) is 11.5 Å². The topological polar surface area (TPSA) is 34.4 Å². The van der Waals surface area contributed by atoms with Crippen molar-refractivity contribution < 1.29 is 13.5 Å². The molecule has 2 rings (SSSR count). The monoisotopic (exact) mass is 269 g/mol. The summed E-state index contributed by atoms with van der Waals surface area (Å²) in [7, 11) is 1.84. The van der Waals surface area contributed by atoms with E-state index in [1.165, 1.54) is 12.1 Å². The summed E-state index contributed by atoms with van der Waals surface area (Å²) in [6.45, 7) is 0.917. The Kier molecular flexibility index (Phi) is 4.23. The fraction of sp³-hybridized carbons (Fsp3) is 0.231. The third-order valence-corrected chi connectivity index (χ3v) is 2.65. The zero-order valence-corrected chi connectivity index (χ0v) is 10.6. The van der Waals surface area contributed by atoms with Crippen molar-refractivity contribution in [2.75, 3.05) is 7.05 Å². The molecule has 0 aliphatic heterocycles. The van der Waals surface area contributed by atoms with Crippen molar-refractivity contribution in [1.29, 1.82) is 0 Å². The van der Waals surface area contributed by atoms with Gasteiger partial charge in [-0.05, 0) is 31.3 Å². The number of rotatable bonds is 5. The maximum atomic E-state index is 13.2. The molecule has 1 heterocycles. The fourth-order valence-corrected chi connectivity index (χ4v) is 1.61. The van der Waals surface area contributed by atoms with Crippen LogP contribution < -0.4 is 10.1 Å². The number of hydrogen-bond acceptors (Lipinski definition) is 3. The van der Waals surface area contributed by atoms with E-state index in [0.717, 1.165) is 5.76 Å². The van der Waals surface area contributed by atoms with Crippen LogP contribution >= 0.6 is 11.6 Å². The predicted octanol–water partition coefficient (Wildman–Crippen LogP) is 3.37. The summed E-state index contributed by atoms with van der Waals surface area (Å²) in [5.41, 5.74) is 0. The first kappa shape index (κ1) is 12.9. The largest absolute Gasteiger partial charge is 0.486 e. The normalized spacial score (nSPS) is 10.6. The van der Waals surface area contributed by atoms with Crippen LogP contribution in [0.15, 0.2) is 34.7 Å². The van der Waals surface area contributed by atoms with Crippen LogP contribution in [0, 0.1) is 5.82 Å². The lowest BCUT2D eigenvalue weighted by Crippen LogP contribution is -2.03. The molecule has 2 aromatic rings. The second kappa shape index (κ2) is 5.89. The first-order valence-corrected chi connectivity index (χ1v) is 5.87. The Balaban J connectivity index is 1.95. The molecule has 1 aromatic heterocycles. The number of furan rings is 1. The molecule has 0 fully saturated rings. The van der Waals surface area contributed by atoms with Gasteiger partial charge in [0.2, 0.25) is 0 Å². The minimum atomic E-state index is -0.496. The van der Waals surface area contributed by atoms with E-state index in [1.807, 2.05) is 19.2 Å². The van der Waals surface area contributed by atoms with E-state index in [2.05, 4.69) is 5.32 Å². The number of nitrogens with one attached hydrogen (secondary N) is 1. The molecule has 0 saturated heterocycles. The van der Waals surface area contributed by atoms with Crippen LogP contribution in [0.4, 0.5) is 4.39 Å². The van der Waals surface area contributed by atoms with Crippen molar-refractivity contribution in [2.24, 2.45) is 0 Å². The van der Waals surface area contributed by atoms with Gasteiger partial charge in [-0.1, -0.05) is 11.6 Å². The third kappa shape index (κ3) is 3.24. The first-order valence-electron chi connectivity index (χ1n) is 5.49. The summed E-state index contributed by atoms with van der Waals surface area (Å²) in [4.78, 5) is 0. The van der Waals surface area contributed by atoms with Gasteiger partial charge in [-0.2, -0.15) is 0 Å². The van der Waals surface area contributed by atoms with Gasteiger partial charge in [0.1, 0.15) is 29.7 Å². The first-order chi connectivity index (χ1) is 8.69. The highest BCUT2D eigenvalue weighted by atomic mass is 35.5. The van der Waals surface area contributed by atoms with Gasteiger partial charge in [-0.15, -0.1) is 0 Å². The molecule has 5 heteroatoms. The third-order valence-electron chi connectivity index (χ3n) is 2.34. The molecule has 0 spiro atoms. The Morgan fingerprint density at radius 1 is 1.28 bits per heavy atom. The highest BCUT2D eigenvalue weighted by Gasteiger charge is 2.05. The van der Waals surface area contributed by atoms with Crippen molar-refractivity contribution in [3.8, 4) is 5.75 Å². The summed E-state index contributed by atoms with van der Waals surface area (Å²) in [6.07, 6.45) is 0. The van der Waals surface area contributed by atoms with E-state index >= 15 is 0 Å². The van der Waals surface area contributed by atoms with Crippen LogP contribution in [-0.4, -0.2) is 7.05 Å². The lowest BCUT2D eigenvalue weighted by molar-refractivity contribution is 0.264. The van der Waals surface area contributed by atoms with Crippen molar-refractivity contribution >= 4 is 11.6 Å². The van der Waals surface area contributed by atoms with Gasteiger partial charge in [-0.3, -0.25) is 0 Å². The highest BCUT2D eigenvalue weighted by molar-refractivity contribution is 6.30. The molecule has 18 heavy (non-hydrogen) atoms. The molecule has 0 atom stereocenters. The number of halogens is 2. The number of hydrogen-bond donors (Lipinski definition) is 1. The van der Waals surface area contributed by atoms with Crippen molar-refractivity contribution in [3.63, 3.8) is 0 Å². The molecule has 1 aromatic carbocycles. The van der Waals surface area contributed by atoms with E-state index in [4.69, 9.17) is 20.8 Å². The summed E-state index contributed by atoms with van der Waals surface area (Å²) in [6, 6.07) is 8.03. The molecule has 1 N–H and O–H groups in total. The van der Waals surface area contributed by atoms with Gasteiger partial charge < -0.3 is 14.5 Å². The van der Waals surface area contributed by atoms with Gasteiger partial charge in [-0.25, -0.2) is 4.39 Å². The predicted molar refractivity (Wildman–Crippen MR) is 67.2 cm³/mol. The zero-order valence-electron chi connectivity index (χ0n) is 9.87. The van der Waals surface area contributed by atoms with Gasteiger partial charge in [0.25, 0.3) is 0 Å². The van der Waals surface area contributed by atoms with E-state index in [0.29, 0.717) is 18.1 Å². The summed E-state index contributed by atoms with van der Waals surface area (Å²) < 4.78 is 24.1. The molecule has 0 radical (unpaired) electrons. The Bertz CT molecular complexity index is 527. The molecule has 0 aliphatic carbocycles. The highest BCUT2D eigenvalue weighted by Crippen LogP contribution is 2.21. The van der Waals surface area contributed by atoms with Gasteiger partial charge >= 0.3 is 0 Å². The van der Waals surface area contributed by atoms with Crippen LogP contribution in [0.5, 0.6) is 5.75 Å². The van der Waals surface area contributed by atoms with E-state index in [-0.39, 0.29) is 11.6 Å². The molecule has 96 valence electrons. The lowest BCUT2D eigenvalue weighted by Gasteiger charge is -2.04. The molecule has 3 nitrogen and oxygen atoms in total. The Hall–Kier alpha value is -1.52. The van der Waals surface area contributed by atoms with E-state index in [9.17, 15) is 4.39 Å². The minimum Gasteiger partial charge on any atom is -0.486 e. The minimum absolute atomic E-state index is 0.0802.